The first-order valence-electron chi connectivity index (χ1n) is 7.26. The normalized spacial score (nSPS) is 11.7. The number of hydrogen-bond donors (Lipinski definition) is 1. The molecule has 0 spiro atoms. The van der Waals surface area contributed by atoms with E-state index in [1.807, 2.05) is 73.6 Å². The Labute approximate surface area is 131 Å². The van der Waals surface area contributed by atoms with Gasteiger partial charge >= 0.3 is 5.97 Å². The Kier molecular flexibility index (Phi) is 5.42. The molecule has 0 aliphatic carbocycles. The second-order valence-electron chi connectivity index (χ2n) is 5.33. The van der Waals surface area contributed by atoms with Gasteiger partial charge in [0.1, 0.15) is 5.75 Å². The molecule has 2 rings (SSSR count). The van der Waals surface area contributed by atoms with Crippen LogP contribution in [-0.2, 0) is 4.79 Å². The highest BCUT2D eigenvalue weighted by Crippen LogP contribution is 2.22. The van der Waals surface area contributed by atoms with Crippen LogP contribution in [0.5, 0.6) is 5.75 Å². The lowest BCUT2D eigenvalue weighted by Gasteiger charge is -2.16. The molecular formula is C18H21NO3. The summed E-state index contributed by atoms with van der Waals surface area (Å²) in [7, 11) is 3.93. The summed E-state index contributed by atoms with van der Waals surface area (Å²) in [4.78, 5) is 13.4. The van der Waals surface area contributed by atoms with E-state index in [-0.39, 0.29) is 0 Å². The molecule has 116 valence electrons. The van der Waals surface area contributed by atoms with Gasteiger partial charge in [0, 0.05) is 25.8 Å². The third-order valence-electron chi connectivity index (χ3n) is 3.51. The van der Waals surface area contributed by atoms with Gasteiger partial charge in [0.25, 0.3) is 0 Å². The fraction of sp³-hybridized carbons (Fsp3) is 0.278. The van der Waals surface area contributed by atoms with E-state index in [9.17, 15) is 9.90 Å². The molecule has 4 heteroatoms. The van der Waals surface area contributed by atoms with Crippen molar-refractivity contribution in [3.63, 3.8) is 0 Å². The Morgan fingerprint density at radius 1 is 1.14 bits per heavy atom. The smallest absolute Gasteiger partial charge is 0.311 e. The molecule has 2 aromatic carbocycles. The molecule has 0 aromatic heterocycles. The fourth-order valence-corrected chi connectivity index (χ4v) is 2.26. The monoisotopic (exact) mass is 299 g/mol. The number of anilines is 1. The van der Waals surface area contributed by atoms with Crippen LogP contribution in [-0.4, -0.2) is 31.8 Å². The molecule has 1 N–H and O–H groups in total. The number of hydrogen-bond acceptors (Lipinski definition) is 3. The molecule has 4 nitrogen and oxygen atoms in total. The van der Waals surface area contributed by atoms with E-state index in [0.29, 0.717) is 13.0 Å². The third kappa shape index (κ3) is 4.25. The van der Waals surface area contributed by atoms with Gasteiger partial charge in [-0.05, 0) is 24.1 Å². The molecule has 0 radical (unpaired) electrons. The SMILES string of the molecule is CN(C)c1cccc(OCCC(C(=O)O)c2ccccc2)c1. The Bertz CT molecular complexity index is 611. The Morgan fingerprint density at radius 3 is 2.50 bits per heavy atom. The van der Waals surface area contributed by atoms with Crippen molar-refractivity contribution in [2.45, 2.75) is 12.3 Å². The molecule has 0 fully saturated rings. The Balaban J connectivity index is 1.96. The number of carboxylic acid groups (broad SMARTS) is 1. The van der Waals surface area contributed by atoms with Gasteiger partial charge in [-0.1, -0.05) is 36.4 Å². The predicted molar refractivity (Wildman–Crippen MR) is 87.7 cm³/mol. The van der Waals surface area contributed by atoms with Crippen molar-refractivity contribution in [2.24, 2.45) is 0 Å². The van der Waals surface area contributed by atoms with Crippen molar-refractivity contribution >= 4 is 11.7 Å². The summed E-state index contributed by atoms with van der Waals surface area (Å²) >= 11 is 0. The molecule has 0 aliphatic heterocycles. The van der Waals surface area contributed by atoms with Crippen LogP contribution >= 0.6 is 0 Å². The van der Waals surface area contributed by atoms with Crippen molar-refractivity contribution in [3.05, 3.63) is 60.2 Å². The maximum Gasteiger partial charge on any atom is 0.311 e. The van der Waals surface area contributed by atoms with E-state index in [1.54, 1.807) is 0 Å². The van der Waals surface area contributed by atoms with Crippen LogP contribution in [0.15, 0.2) is 54.6 Å². The van der Waals surface area contributed by atoms with Gasteiger partial charge in [-0.15, -0.1) is 0 Å². The first-order chi connectivity index (χ1) is 10.6. The van der Waals surface area contributed by atoms with Crippen LogP contribution in [0.4, 0.5) is 5.69 Å². The molecule has 22 heavy (non-hydrogen) atoms. The molecule has 0 saturated carbocycles. The number of carboxylic acids is 1. The lowest BCUT2D eigenvalue weighted by atomic mass is 9.96. The minimum Gasteiger partial charge on any atom is -0.493 e. The van der Waals surface area contributed by atoms with E-state index < -0.39 is 11.9 Å². The number of benzene rings is 2. The predicted octanol–water partition coefficient (Wildman–Crippen LogP) is 3.39. The van der Waals surface area contributed by atoms with Crippen LogP contribution < -0.4 is 9.64 Å². The van der Waals surface area contributed by atoms with Gasteiger partial charge < -0.3 is 14.7 Å². The van der Waals surface area contributed by atoms with Crippen molar-refractivity contribution in [3.8, 4) is 5.75 Å². The largest absolute Gasteiger partial charge is 0.493 e. The molecule has 0 aliphatic rings. The molecule has 1 unspecified atom stereocenters. The standard InChI is InChI=1S/C18H21NO3/c1-19(2)15-9-6-10-16(13-15)22-12-11-17(18(20)21)14-7-4-3-5-8-14/h3-10,13,17H,11-12H2,1-2H3,(H,20,21). The number of rotatable bonds is 7. The third-order valence-corrected chi connectivity index (χ3v) is 3.51. The maximum atomic E-state index is 11.4. The lowest BCUT2D eigenvalue weighted by Crippen LogP contribution is -2.15. The second-order valence-corrected chi connectivity index (χ2v) is 5.33. The topological polar surface area (TPSA) is 49.8 Å². The lowest BCUT2D eigenvalue weighted by molar-refractivity contribution is -0.139. The summed E-state index contributed by atoms with van der Waals surface area (Å²) in [5.74, 6) is -0.613. The van der Waals surface area contributed by atoms with E-state index in [1.165, 1.54) is 0 Å². The number of carbonyl (C=O) groups is 1. The molecular weight excluding hydrogens is 278 g/mol. The van der Waals surface area contributed by atoms with Crippen molar-refractivity contribution in [1.82, 2.24) is 0 Å². The fourth-order valence-electron chi connectivity index (χ4n) is 2.26. The van der Waals surface area contributed by atoms with Crippen LogP contribution in [0.1, 0.15) is 17.9 Å². The van der Waals surface area contributed by atoms with Crippen LogP contribution in [0.2, 0.25) is 0 Å². The van der Waals surface area contributed by atoms with E-state index in [4.69, 9.17) is 4.74 Å². The van der Waals surface area contributed by atoms with Crippen LogP contribution in [0, 0.1) is 0 Å². The summed E-state index contributed by atoms with van der Waals surface area (Å²) in [5.41, 5.74) is 1.86. The first-order valence-corrected chi connectivity index (χ1v) is 7.26. The van der Waals surface area contributed by atoms with E-state index in [0.717, 1.165) is 17.0 Å². The summed E-state index contributed by atoms with van der Waals surface area (Å²) in [6.45, 7) is 0.364. The summed E-state index contributed by atoms with van der Waals surface area (Å²) in [6.07, 6.45) is 0.436. The molecule has 0 heterocycles. The van der Waals surface area contributed by atoms with Gasteiger partial charge in [-0.2, -0.15) is 0 Å². The molecule has 0 bridgehead atoms. The van der Waals surface area contributed by atoms with Crippen LogP contribution in [0.3, 0.4) is 0 Å². The quantitative estimate of drug-likeness (QED) is 0.851. The van der Waals surface area contributed by atoms with Crippen LogP contribution in [0.25, 0.3) is 0 Å². The summed E-state index contributed by atoms with van der Waals surface area (Å²) < 4.78 is 5.71. The Morgan fingerprint density at radius 2 is 1.86 bits per heavy atom. The van der Waals surface area contributed by atoms with E-state index in [2.05, 4.69) is 0 Å². The van der Waals surface area contributed by atoms with Gasteiger partial charge in [0.2, 0.25) is 0 Å². The highest BCUT2D eigenvalue weighted by molar-refractivity contribution is 5.76. The first kappa shape index (κ1) is 15.9. The molecule has 0 amide bonds. The Hall–Kier alpha value is -2.49. The molecule has 1 atom stereocenters. The zero-order valence-electron chi connectivity index (χ0n) is 12.9. The highest BCUT2D eigenvalue weighted by Gasteiger charge is 2.19. The van der Waals surface area contributed by atoms with Gasteiger partial charge in [0.15, 0.2) is 0 Å². The van der Waals surface area contributed by atoms with Gasteiger partial charge in [0.05, 0.1) is 12.5 Å². The molecule has 0 saturated heterocycles. The number of nitrogens with zero attached hydrogens (tertiary/aromatic N) is 1. The number of ether oxygens (including phenoxy) is 1. The van der Waals surface area contributed by atoms with Gasteiger partial charge in [-0.3, -0.25) is 4.79 Å². The van der Waals surface area contributed by atoms with E-state index >= 15 is 0 Å². The zero-order chi connectivity index (χ0) is 15.9. The van der Waals surface area contributed by atoms with Crippen molar-refractivity contribution in [1.29, 1.82) is 0 Å². The summed E-state index contributed by atoms with van der Waals surface area (Å²) in [6, 6.07) is 17.0. The minimum absolute atomic E-state index is 0.364. The maximum absolute atomic E-state index is 11.4. The minimum atomic E-state index is -0.822. The average Bonchev–Trinajstić information content (AvgIpc) is 2.52. The highest BCUT2D eigenvalue weighted by atomic mass is 16.5. The zero-order valence-corrected chi connectivity index (χ0v) is 12.9. The summed E-state index contributed by atoms with van der Waals surface area (Å²) in [5, 5.41) is 9.38. The van der Waals surface area contributed by atoms with Crippen molar-refractivity contribution < 1.29 is 14.6 Å². The average molecular weight is 299 g/mol. The van der Waals surface area contributed by atoms with Crippen molar-refractivity contribution in [2.75, 3.05) is 25.6 Å². The van der Waals surface area contributed by atoms with Gasteiger partial charge in [-0.25, -0.2) is 0 Å². The second kappa shape index (κ2) is 7.50. The molecule has 2 aromatic rings. The number of aliphatic carboxylic acids is 1.